The van der Waals surface area contributed by atoms with Crippen molar-refractivity contribution in [1.29, 1.82) is 5.26 Å². The van der Waals surface area contributed by atoms with Crippen LogP contribution in [0.5, 0.6) is 0 Å². The van der Waals surface area contributed by atoms with Gasteiger partial charge in [-0.3, -0.25) is 4.79 Å². The molecule has 2 rings (SSSR count). The number of esters is 1. The van der Waals surface area contributed by atoms with E-state index in [1.807, 2.05) is 6.07 Å². The predicted molar refractivity (Wildman–Crippen MR) is 87.4 cm³/mol. The highest BCUT2D eigenvalue weighted by molar-refractivity contribution is 5.97. The first kappa shape index (κ1) is 18.2. The summed E-state index contributed by atoms with van der Waals surface area (Å²) >= 11 is 0. The molecule has 0 unspecified atom stereocenters. The van der Waals surface area contributed by atoms with Gasteiger partial charge in [0.25, 0.3) is 5.91 Å². The smallest absolute Gasteiger partial charge is 0.342 e. The molecule has 2 aromatic rings. The van der Waals surface area contributed by atoms with Crippen LogP contribution in [0.1, 0.15) is 28.3 Å². The fourth-order valence-electron chi connectivity index (χ4n) is 2.30. The van der Waals surface area contributed by atoms with Crippen LogP contribution in [0, 0.1) is 31.0 Å². The average Bonchev–Trinajstić information content (AvgIpc) is 2.93. The van der Waals surface area contributed by atoms with Crippen molar-refractivity contribution in [2.45, 2.75) is 20.3 Å². The van der Waals surface area contributed by atoms with E-state index in [9.17, 15) is 14.0 Å². The van der Waals surface area contributed by atoms with Crippen LogP contribution >= 0.6 is 0 Å². The van der Waals surface area contributed by atoms with Gasteiger partial charge in [0, 0.05) is 12.2 Å². The second-order valence-electron chi connectivity index (χ2n) is 5.33. The van der Waals surface area contributed by atoms with Gasteiger partial charge in [-0.1, -0.05) is 0 Å². The number of nitrogens with zero attached hydrogens (tertiary/aromatic N) is 2. The van der Waals surface area contributed by atoms with E-state index < -0.39 is 24.3 Å². The Kier molecular flexibility index (Phi) is 5.90. The van der Waals surface area contributed by atoms with Crippen molar-refractivity contribution in [1.82, 2.24) is 0 Å². The number of furan rings is 1. The number of amides is 1. The summed E-state index contributed by atoms with van der Waals surface area (Å²) in [6, 6.07) is 8.77. The number of rotatable bonds is 6. The number of ether oxygens (including phenoxy) is 1. The second kappa shape index (κ2) is 8.11. The number of hydrogen-bond acceptors (Lipinski definition) is 5. The van der Waals surface area contributed by atoms with Crippen LogP contribution in [0.25, 0.3) is 0 Å². The molecule has 0 aliphatic rings. The number of halogens is 1. The molecule has 0 saturated heterocycles. The fourth-order valence-corrected chi connectivity index (χ4v) is 2.30. The largest absolute Gasteiger partial charge is 0.466 e. The zero-order valence-electron chi connectivity index (χ0n) is 13.9. The van der Waals surface area contributed by atoms with E-state index in [1.165, 1.54) is 35.2 Å². The van der Waals surface area contributed by atoms with Crippen molar-refractivity contribution >= 4 is 17.6 Å². The highest BCUT2D eigenvalue weighted by atomic mass is 19.1. The van der Waals surface area contributed by atoms with Crippen molar-refractivity contribution in [3.63, 3.8) is 0 Å². The van der Waals surface area contributed by atoms with Gasteiger partial charge < -0.3 is 14.1 Å². The summed E-state index contributed by atoms with van der Waals surface area (Å²) in [6.07, 6.45) is 0.0943. The van der Waals surface area contributed by atoms with Crippen LogP contribution in [-0.4, -0.2) is 25.0 Å². The van der Waals surface area contributed by atoms with Crippen LogP contribution < -0.4 is 4.90 Å². The Hall–Kier alpha value is -3.14. The van der Waals surface area contributed by atoms with Crippen LogP contribution in [0.4, 0.5) is 10.1 Å². The van der Waals surface area contributed by atoms with E-state index >= 15 is 0 Å². The van der Waals surface area contributed by atoms with Gasteiger partial charge in [-0.2, -0.15) is 5.26 Å². The average molecular weight is 344 g/mol. The normalized spacial score (nSPS) is 10.2. The third-order valence-electron chi connectivity index (χ3n) is 3.47. The van der Waals surface area contributed by atoms with Gasteiger partial charge in [0.2, 0.25) is 0 Å². The predicted octanol–water partition coefficient (Wildman–Crippen LogP) is 3.14. The van der Waals surface area contributed by atoms with Crippen LogP contribution in [0.15, 0.2) is 34.7 Å². The molecule has 0 fully saturated rings. The van der Waals surface area contributed by atoms with Gasteiger partial charge >= 0.3 is 5.97 Å². The first-order valence-electron chi connectivity index (χ1n) is 7.59. The lowest BCUT2D eigenvalue weighted by Gasteiger charge is -2.21. The number of carbonyl (C=O) groups is 2. The Morgan fingerprint density at radius 1 is 1.28 bits per heavy atom. The van der Waals surface area contributed by atoms with E-state index in [1.54, 1.807) is 13.8 Å². The van der Waals surface area contributed by atoms with E-state index in [0.717, 1.165) is 0 Å². The molecule has 0 aliphatic carbocycles. The van der Waals surface area contributed by atoms with Gasteiger partial charge in [0.05, 0.1) is 12.5 Å². The molecule has 0 atom stereocenters. The fraction of sp³-hybridized carbons (Fsp3) is 0.278. The molecule has 130 valence electrons. The molecule has 7 heteroatoms. The number of anilines is 1. The number of carbonyl (C=O) groups excluding carboxylic acids is 2. The Morgan fingerprint density at radius 2 is 1.96 bits per heavy atom. The van der Waals surface area contributed by atoms with Gasteiger partial charge in [0.15, 0.2) is 6.61 Å². The van der Waals surface area contributed by atoms with E-state index in [2.05, 4.69) is 0 Å². The van der Waals surface area contributed by atoms with Gasteiger partial charge in [-0.05, 0) is 44.2 Å². The minimum absolute atomic E-state index is 0.0943. The lowest BCUT2D eigenvalue weighted by molar-refractivity contribution is -0.121. The van der Waals surface area contributed by atoms with Crippen molar-refractivity contribution < 1.29 is 23.1 Å². The lowest BCUT2D eigenvalue weighted by Crippen LogP contribution is -2.35. The molecular weight excluding hydrogens is 327 g/mol. The van der Waals surface area contributed by atoms with Crippen molar-refractivity contribution in [3.8, 4) is 6.07 Å². The zero-order valence-corrected chi connectivity index (χ0v) is 13.9. The number of nitriles is 1. The van der Waals surface area contributed by atoms with Crippen molar-refractivity contribution in [2.75, 3.05) is 18.1 Å². The van der Waals surface area contributed by atoms with Gasteiger partial charge in [-0.15, -0.1) is 0 Å². The molecular formula is C18H17FN2O4. The second-order valence-corrected chi connectivity index (χ2v) is 5.33. The summed E-state index contributed by atoms with van der Waals surface area (Å²) in [7, 11) is 0. The molecule has 0 saturated carbocycles. The maximum atomic E-state index is 13.1. The molecule has 25 heavy (non-hydrogen) atoms. The lowest BCUT2D eigenvalue weighted by atomic mass is 10.2. The van der Waals surface area contributed by atoms with Crippen LogP contribution in [0.3, 0.4) is 0 Å². The van der Waals surface area contributed by atoms with Crippen LogP contribution in [0.2, 0.25) is 0 Å². The summed E-state index contributed by atoms with van der Waals surface area (Å²) < 4.78 is 23.3. The Labute approximate surface area is 144 Å². The van der Waals surface area contributed by atoms with Gasteiger partial charge in [-0.25, -0.2) is 9.18 Å². The molecule has 0 radical (unpaired) electrons. The minimum atomic E-state index is -0.665. The summed E-state index contributed by atoms with van der Waals surface area (Å²) in [5.41, 5.74) is 0.684. The molecule has 0 spiro atoms. The maximum absolute atomic E-state index is 13.1. The summed E-state index contributed by atoms with van der Waals surface area (Å²) in [5, 5.41) is 8.74. The third-order valence-corrected chi connectivity index (χ3v) is 3.47. The van der Waals surface area contributed by atoms with Crippen molar-refractivity contribution in [3.05, 3.63) is 53.2 Å². The monoisotopic (exact) mass is 344 g/mol. The first-order valence-corrected chi connectivity index (χ1v) is 7.59. The number of hydrogen-bond donors (Lipinski definition) is 0. The minimum Gasteiger partial charge on any atom is -0.466 e. The molecule has 6 nitrogen and oxygen atoms in total. The number of aryl methyl sites for hydroxylation is 2. The van der Waals surface area contributed by atoms with Crippen LogP contribution in [-0.2, 0) is 9.53 Å². The maximum Gasteiger partial charge on any atom is 0.342 e. The highest BCUT2D eigenvalue weighted by Gasteiger charge is 2.20. The Balaban J connectivity index is 2.06. The summed E-state index contributed by atoms with van der Waals surface area (Å²) in [6.45, 7) is 2.95. The molecule has 0 aliphatic heterocycles. The van der Waals surface area contributed by atoms with E-state index in [-0.39, 0.29) is 18.5 Å². The summed E-state index contributed by atoms with van der Waals surface area (Å²) in [4.78, 5) is 25.7. The molecule has 1 heterocycles. The van der Waals surface area contributed by atoms with Gasteiger partial charge in [0.1, 0.15) is 22.9 Å². The van der Waals surface area contributed by atoms with Crippen molar-refractivity contribution in [2.24, 2.45) is 0 Å². The highest BCUT2D eigenvalue weighted by Crippen LogP contribution is 2.17. The SMILES string of the molecule is Cc1cc(C(=O)OCC(=O)N(CCC#N)c2ccc(F)cc2)c(C)o1. The standard InChI is InChI=1S/C18H17FN2O4/c1-12-10-16(13(2)25-12)18(23)24-11-17(22)21(9-3-8-20)15-6-4-14(19)5-7-15/h4-7,10H,3,9,11H2,1-2H3. The summed E-state index contributed by atoms with van der Waals surface area (Å²) in [5.74, 6) is -0.628. The zero-order chi connectivity index (χ0) is 18.4. The molecule has 1 amide bonds. The molecule has 0 N–H and O–H groups in total. The Morgan fingerprint density at radius 3 is 2.52 bits per heavy atom. The van der Waals surface area contributed by atoms with E-state index in [0.29, 0.717) is 17.2 Å². The molecule has 1 aromatic carbocycles. The first-order chi connectivity index (χ1) is 11.9. The quantitative estimate of drug-likeness (QED) is 0.752. The molecule has 1 aromatic heterocycles. The Bertz CT molecular complexity index is 805. The third kappa shape index (κ3) is 4.67. The topological polar surface area (TPSA) is 83.5 Å². The molecule has 0 bridgehead atoms. The van der Waals surface area contributed by atoms with E-state index in [4.69, 9.17) is 14.4 Å². The number of benzene rings is 1.